The second-order valence-electron chi connectivity index (χ2n) is 4.31. The van der Waals surface area contributed by atoms with E-state index in [0.29, 0.717) is 6.54 Å². The van der Waals surface area contributed by atoms with E-state index in [9.17, 15) is 4.79 Å². The van der Waals surface area contributed by atoms with Crippen molar-refractivity contribution < 1.29 is 0 Å². The second kappa shape index (κ2) is 4.29. The molecular formula is C12H13N5OS. The number of benzene rings is 1. The molecule has 0 bridgehead atoms. The molecule has 6 nitrogen and oxygen atoms in total. The maximum atomic E-state index is 11.9. The number of hydrogen-bond acceptors (Lipinski definition) is 5. The van der Waals surface area contributed by atoms with Crippen LogP contribution in [0.3, 0.4) is 0 Å². The zero-order chi connectivity index (χ0) is 13.6. The Morgan fingerprint density at radius 1 is 1.21 bits per heavy atom. The fourth-order valence-corrected chi connectivity index (χ4v) is 2.81. The summed E-state index contributed by atoms with van der Waals surface area (Å²) in [5.74, 6) is 0. The largest absolute Gasteiger partial charge is 0.328 e. The summed E-state index contributed by atoms with van der Waals surface area (Å²) in [5, 5.41) is 9.74. The zero-order valence-electron chi connectivity index (χ0n) is 10.6. The van der Waals surface area contributed by atoms with Gasteiger partial charge in [-0.15, -0.1) is 10.2 Å². The van der Waals surface area contributed by atoms with Crippen LogP contribution in [0.2, 0.25) is 0 Å². The summed E-state index contributed by atoms with van der Waals surface area (Å²) in [6.45, 7) is 0.393. The third-order valence-electron chi connectivity index (χ3n) is 3.16. The number of rotatable bonds is 2. The van der Waals surface area contributed by atoms with Crippen LogP contribution in [0, 0.1) is 0 Å². The van der Waals surface area contributed by atoms with Crippen LogP contribution < -0.4 is 11.4 Å². The van der Waals surface area contributed by atoms with Gasteiger partial charge in [0.25, 0.3) is 0 Å². The lowest BCUT2D eigenvalue weighted by Gasteiger charge is -1.98. The van der Waals surface area contributed by atoms with Gasteiger partial charge in [-0.1, -0.05) is 11.3 Å². The molecular weight excluding hydrogens is 262 g/mol. The summed E-state index contributed by atoms with van der Waals surface area (Å²) in [6.07, 6.45) is 0. The van der Waals surface area contributed by atoms with Crippen LogP contribution in [0.1, 0.15) is 5.01 Å². The SMILES string of the molecule is Cn1c(=O)n(C)c2cc(-c3nnc(CN)s3)ccc21. The van der Waals surface area contributed by atoms with E-state index < -0.39 is 0 Å². The van der Waals surface area contributed by atoms with Crippen molar-refractivity contribution in [2.24, 2.45) is 19.8 Å². The van der Waals surface area contributed by atoms with Crippen molar-refractivity contribution in [3.05, 3.63) is 33.7 Å². The van der Waals surface area contributed by atoms with E-state index >= 15 is 0 Å². The molecule has 2 aromatic heterocycles. The minimum atomic E-state index is -0.0351. The molecule has 3 rings (SSSR count). The third-order valence-corrected chi connectivity index (χ3v) is 4.16. The van der Waals surface area contributed by atoms with Crippen molar-refractivity contribution in [2.75, 3.05) is 0 Å². The average Bonchev–Trinajstić information content (AvgIpc) is 2.99. The van der Waals surface area contributed by atoms with Crippen molar-refractivity contribution in [2.45, 2.75) is 6.54 Å². The Morgan fingerprint density at radius 3 is 2.63 bits per heavy atom. The number of hydrogen-bond donors (Lipinski definition) is 1. The molecule has 0 fully saturated rings. The molecule has 0 radical (unpaired) electrons. The molecule has 0 saturated carbocycles. The highest BCUT2D eigenvalue weighted by Gasteiger charge is 2.11. The zero-order valence-corrected chi connectivity index (χ0v) is 11.4. The van der Waals surface area contributed by atoms with Crippen LogP contribution >= 0.6 is 11.3 Å². The first-order chi connectivity index (χ1) is 9.11. The van der Waals surface area contributed by atoms with Crippen LogP contribution in [0.25, 0.3) is 21.6 Å². The van der Waals surface area contributed by atoms with Crippen LogP contribution in [0.4, 0.5) is 0 Å². The van der Waals surface area contributed by atoms with Gasteiger partial charge < -0.3 is 5.73 Å². The van der Waals surface area contributed by atoms with E-state index in [4.69, 9.17) is 5.73 Å². The standard InChI is InChI=1S/C12H13N5OS/c1-16-8-4-3-7(5-9(8)17(2)12(16)18)11-15-14-10(6-13)19-11/h3-5H,6,13H2,1-2H3. The minimum absolute atomic E-state index is 0.0351. The Bertz CT molecular complexity index is 813. The fourth-order valence-electron chi connectivity index (χ4n) is 2.09. The molecule has 0 unspecified atom stereocenters. The first-order valence-electron chi connectivity index (χ1n) is 5.80. The summed E-state index contributed by atoms with van der Waals surface area (Å²) >= 11 is 1.47. The van der Waals surface area contributed by atoms with Gasteiger partial charge in [-0.2, -0.15) is 0 Å². The lowest BCUT2D eigenvalue weighted by molar-refractivity contribution is 0.795. The Labute approximate surface area is 113 Å². The monoisotopic (exact) mass is 275 g/mol. The van der Waals surface area contributed by atoms with Crippen LogP contribution in [-0.4, -0.2) is 19.3 Å². The second-order valence-corrected chi connectivity index (χ2v) is 5.37. The van der Waals surface area contributed by atoms with Gasteiger partial charge >= 0.3 is 5.69 Å². The van der Waals surface area contributed by atoms with Crippen LogP contribution in [0.15, 0.2) is 23.0 Å². The molecule has 0 amide bonds. The predicted molar refractivity (Wildman–Crippen MR) is 75.0 cm³/mol. The van der Waals surface area contributed by atoms with E-state index in [2.05, 4.69) is 10.2 Å². The van der Waals surface area contributed by atoms with Crippen LogP contribution in [0.5, 0.6) is 0 Å². The molecule has 0 aliphatic carbocycles. The van der Waals surface area contributed by atoms with Gasteiger partial charge in [0.2, 0.25) is 0 Å². The normalized spacial score (nSPS) is 11.3. The van der Waals surface area contributed by atoms with Crippen molar-refractivity contribution in [3.63, 3.8) is 0 Å². The van der Waals surface area contributed by atoms with Crippen molar-refractivity contribution in [1.82, 2.24) is 19.3 Å². The van der Waals surface area contributed by atoms with Gasteiger partial charge in [0.1, 0.15) is 10.0 Å². The molecule has 2 N–H and O–H groups in total. The predicted octanol–water partition coefficient (Wildman–Crippen LogP) is 0.854. The van der Waals surface area contributed by atoms with Crippen LogP contribution in [-0.2, 0) is 20.6 Å². The summed E-state index contributed by atoms with van der Waals surface area (Å²) in [4.78, 5) is 11.9. The Balaban J connectivity index is 2.21. The van der Waals surface area contributed by atoms with Gasteiger partial charge in [0.05, 0.1) is 11.0 Å². The first-order valence-corrected chi connectivity index (χ1v) is 6.61. The molecule has 1 aromatic carbocycles. The Hall–Kier alpha value is -1.99. The summed E-state index contributed by atoms with van der Waals surface area (Å²) < 4.78 is 3.26. The molecule has 2 heterocycles. The molecule has 3 aromatic rings. The lowest BCUT2D eigenvalue weighted by atomic mass is 10.2. The highest BCUT2D eigenvalue weighted by atomic mass is 32.1. The number of nitrogens with zero attached hydrogens (tertiary/aromatic N) is 4. The number of aryl methyl sites for hydroxylation is 2. The summed E-state index contributed by atoms with van der Waals surface area (Å²) in [6, 6.07) is 5.83. The summed E-state index contributed by atoms with van der Waals surface area (Å²) in [5.41, 5.74) is 8.24. The van der Waals surface area contributed by atoms with E-state index in [0.717, 1.165) is 26.6 Å². The molecule has 0 aliphatic rings. The van der Waals surface area contributed by atoms with Gasteiger partial charge in [-0.05, 0) is 18.2 Å². The number of imidazole rings is 1. The highest BCUT2D eigenvalue weighted by molar-refractivity contribution is 7.14. The topological polar surface area (TPSA) is 78.7 Å². The molecule has 0 saturated heterocycles. The summed E-state index contributed by atoms with van der Waals surface area (Å²) in [7, 11) is 3.53. The first kappa shape index (κ1) is 12.1. The molecule has 0 atom stereocenters. The fraction of sp³-hybridized carbons (Fsp3) is 0.250. The van der Waals surface area contributed by atoms with Crippen molar-refractivity contribution in [3.8, 4) is 10.6 Å². The molecule has 19 heavy (non-hydrogen) atoms. The lowest BCUT2D eigenvalue weighted by Crippen LogP contribution is -2.19. The highest BCUT2D eigenvalue weighted by Crippen LogP contribution is 2.26. The Kier molecular flexibility index (Phi) is 2.72. The van der Waals surface area contributed by atoms with Gasteiger partial charge in [-0.3, -0.25) is 9.13 Å². The smallest absolute Gasteiger partial charge is 0.324 e. The van der Waals surface area contributed by atoms with E-state index in [1.54, 1.807) is 23.2 Å². The van der Waals surface area contributed by atoms with E-state index in [1.807, 2.05) is 18.2 Å². The molecule has 7 heteroatoms. The van der Waals surface area contributed by atoms with Gasteiger partial charge in [0.15, 0.2) is 0 Å². The van der Waals surface area contributed by atoms with Crippen molar-refractivity contribution >= 4 is 22.4 Å². The number of fused-ring (bicyclic) bond motifs is 1. The molecule has 0 aliphatic heterocycles. The molecule has 0 spiro atoms. The third kappa shape index (κ3) is 1.78. The maximum Gasteiger partial charge on any atom is 0.328 e. The number of nitrogens with two attached hydrogens (primary N) is 1. The quantitative estimate of drug-likeness (QED) is 0.752. The van der Waals surface area contributed by atoms with Crippen molar-refractivity contribution in [1.29, 1.82) is 0 Å². The van der Waals surface area contributed by atoms with E-state index in [1.165, 1.54) is 11.3 Å². The van der Waals surface area contributed by atoms with Gasteiger partial charge in [0, 0.05) is 26.2 Å². The van der Waals surface area contributed by atoms with E-state index in [-0.39, 0.29) is 5.69 Å². The Morgan fingerprint density at radius 2 is 1.95 bits per heavy atom. The average molecular weight is 275 g/mol. The maximum absolute atomic E-state index is 11.9. The molecule has 98 valence electrons. The number of aromatic nitrogens is 4. The van der Waals surface area contributed by atoms with Gasteiger partial charge in [-0.25, -0.2) is 4.79 Å². The minimum Gasteiger partial charge on any atom is -0.324 e.